The Hall–Kier alpha value is -1.11. The third kappa shape index (κ3) is 8.90. The first-order valence-electron chi connectivity index (χ1n) is 5.67. The van der Waals surface area contributed by atoms with Crippen molar-refractivity contribution in [3.63, 3.8) is 0 Å². The van der Waals surface area contributed by atoms with Gasteiger partial charge in [-0.05, 0) is 24.5 Å². The Morgan fingerprint density at radius 1 is 1.25 bits per heavy atom. The summed E-state index contributed by atoms with van der Waals surface area (Å²) in [6.45, 7) is 3.61. The van der Waals surface area contributed by atoms with Gasteiger partial charge in [0.25, 0.3) is 0 Å². The monoisotopic (exact) mass is 339 g/mol. The normalized spacial score (nSPS) is 11.2. The first-order chi connectivity index (χ1) is 9.23. The summed E-state index contributed by atoms with van der Waals surface area (Å²) in [7, 11) is -2.64. The maximum Gasteiger partial charge on any atom is 0.329 e. The number of rotatable bonds is 4. The van der Waals surface area contributed by atoms with Crippen molar-refractivity contribution in [3.05, 3.63) is 34.3 Å². The molecule has 1 aromatic rings. The van der Waals surface area contributed by atoms with E-state index in [2.05, 4.69) is 4.36 Å². The van der Waals surface area contributed by atoms with Crippen molar-refractivity contribution in [1.29, 1.82) is 0 Å². The Balaban J connectivity index is 0.000000388. The van der Waals surface area contributed by atoms with Gasteiger partial charge in [0.2, 0.25) is 0 Å². The van der Waals surface area contributed by atoms with E-state index in [1.165, 1.54) is 0 Å². The molecule has 0 amide bonds. The number of benzene rings is 1. The molecule has 0 saturated heterocycles. The molecule has 0 bridgehead atoms. The highest BCUT2D eigenvalue weighted by Crippen LogP contribution is 2.19. The van der Waals surface area contributed by atoms with E-state index in [1.54, 1.807) is 26.0 Å². The van der Waals surface area contributed by atoms with Gasteiger partial charge >= 0.3 is 16.5 Å². The average molecular weight is 340 g/mol. The van der Waals surface area contributed by atoms with Crippen LogP contribution in [0.15, 0.2) is 28.6 Å². The predicted molar refractivity (Wildman–Crippen MR) is 78.7 cm³/mol. The fourth-order valence-corrected chi connectivity index (χ4v) is 1.83. The lowest BCUT2D eigenvalue weighted by Gasteiger charge is -2.06. The lowest BCUT2D eigenvalue weighted by molar-refractivity contribution is -0.138. The quantitative estimate of drug-likeness (QED) is 0.909. The molecule has 112 valence electrons. The van der Waals surface area contributed by atoms with Crippen molar-refractivity contribution in [2.45, 2.75) is 26.3 Å². The van der Waals surface area contributed by atoms with E-state index >= 15 is 0 Å². The molecule has 0 fully saturated rings. The van der Waals surface area contributed by atoms with Gasteiger partial charge < -0.3 is 5.11 Å². The van der Waals surface area contributed by atoms with Crippen LogP contribution in [0.5, 0.6) is 0 Å². The van der Waals surface area contributed by atoms with Crippen molar-refractivity contribution in [3.8, 4) is 0 Å². The molecule has 0 spiro atoms. The van der Waals surface area contributed by atoms with Crippen LogP contribution in [-0.4, -0.2) is 25.5 Å². The molecular formula is C12H15Cl2NO4S. The minimum atomic E-state index is -2.64. The van der Waals surface area contributed by atoms with Gasteiger partial charge in [0.15, 0.2) is 6.04 Å². The van der Waals surface area contributed by atoms with E-state index in [0.29, 0.717) is 10.0 Å². The van der Waals surface area contributed by atoms with Crippen LogP contribution in [0.4, 0.5) is 0 Å². The molecule has 1 aromatic carbocycles. The first kappa shape index (κ1) is 18.9. The Bertz CT molecular complexity index is 544. The van der Waals surface area contributed by atoms with Gasteiger partial charge in [-0.15, -0.1) is 0 Å². The third-order valence-corrected chi connectivity index (χ3v) is 3.20. The largest absolute Gasteiger partial charge is 0.480 e. The zero-order valence-electron chi connectivity index (χ0n) is 11.0. The second-order valence-corrected chi connectivity index (χ2v) is 5.68. The molecule has 20 heavy (non-hydrogen) atoms. The second-order valence-electron chi connectivity index (χ2n) is 4.22. The minimum Gasteiger partial charge on any atom is -0.480 e. The van der Waals surface area contributed by atoms with E-state index in [1.807, 2.05) is 12.1 Å². The average Bonchev–Trinajstić information content (AvgIpc) is 2.32. The summed E-state index contributed by atoms with van der Waals surface area (Å²) >= 11 is 11.2. The highest BCUT2D eigenvalue weighted by atomic mass is 35.5. The van der Waals surface area contributed by atoms with Gasteiger partial charge in [-0.1, -0.05) is 49.2 Å². The molecule has 5 nitrogen and oxygen atoms in total. The molecule has 0 aromatic heterocycles. The van der Waals surface area contributed by atoms with Crippen molar-refractivity contribution < 1.29 is 18.3 Å². The van der Waals surface area contributed by atoms with Gasteiger partial charge in [-0.25, -0.2) is 4.79 Å². The van der Waals surface area contributed by atoms with Crippen LogP contribution in [0.1, 0.15) is 20.3 Å². The van der Waals surface area contributed by atoms with Gasteiger partial charge in [0.1, 0.15) is 0 Å². The molecule has 1 unspecified atom stereocenters. The van der Waals surface area contributed by atoms with E-state index in [-0.39, 0.29) is 12.3 Å². The molecule has 1 rings (SSSR count). The highest BCUT2D eigenvalue weighted by Gasteiger charge is 2.17. The topological polar surface area (TPSA) is 83.8 Å². The van der Waals surface area contributed by atoms with E-state index in [4.69, 9.17) is 28.3 Å². The van der Waals surface area contributed by atoms with Crippen LogP contribution in [0.3, 0.4) is 0 Å². The molecule has 0 aliphatic carbocycles. The number of halogens is 2. The van der Waals surface area contributed by atoms with Gasteiger partial charge in [0.05, 0.1) is 10.0 Å². The molecule has 0 aliphatic heterocycles. The van der Waals surface area contributed by atoms with Crippen molar-refractivity contribution in [2.24, 2.45) is 10.3 Å². The Kier molecular flexibility index (Phi) is 9.20. The smallest absolute Gasteiger partial charge is 0.329 e. The summed E-state index contributed by atoms with van der Waals surface area (Å²) in [5.41, 5.74) is 0. The SMILES string of the molecule is CC(C)CC(N=S(=O)=O)C(=O)O.Clc1ccccc1Cl. The number of aliphatic carboxylic acids is 1. The van der Waals surface area contributed by atoms with Crippen molar-refractivity contribution in [1.82, 2.24) is 0 Å². The van der Waals surface area contributed by atoms with E-state index < -0.39 is 22.5 Å². The van der Waals surface area contributed by atoms with Crippen LogP contribution in [0.2, 0.25) is 10.0 Å². The number of nitrogens with zero attached hydrogens (tertiary/aromatic N) is 1. The Morgan fingerprint density at radius 3 is 1.95 bits per heavy atom. The van der Waals surface area contributed by atoms with E-state index in [9.17, 15) is 13.2 Å². The summed E-state index contributed by atoms with van der Waals surface area (Å²) in [6.07, 6.45) is 0.239. The minimum absolute atomic E-state index is 0.110. The molecular weight excluding hydrogens is 325 g/mol. The zero-order valence-corrected chi connectivity index (χ0v) is 13.3. The molecule has 0 heterocycles. The van der Waals surface area contributed by atoms with Crippen molar-refractivity contribution >= 4 is 39.7 Å². The summed E-state index contributed by atoms with van der Waals surface area (Å²) in [5.74, 6) is -1.09. The Morgan fingerprint density at radius 2 is 1.70 bits per heavy atom. The summed E-state index contributed by atoms with van der Waals surface area (Å²) in [4.78, 5) is 10.4. The van der Waals surface area contributed by atoms with Gasteiger partial charge in [0, 0.05) is 0 Å². The molecule has 0 saturated carbocycles. The van der Waals surface area contributed by atoms with Crippen LogP contribution in [0, 0.1) is 5.92 Å². The standard InChI is InChI=1S/C6H4Cl2.C6H11NO4S/c7-5-3-1-2-4-6(5)8;1-4(2)3-5(6(8)9)7-12(10)11/h1-4H;4-5H,3H2,1-2H3,(H,8,9). The number of hydrogen-bond donors (Lipinski definition) is 1. The van der Waals surface area contributed by atoms with Gasteiger partial charge in [-0.3, -0.25) is 0 Å². The second kappa shape index (κ2) is 9.74. The van der Waals surface area contributed by atoms with E-state index in [0.717, 1.165) is 0 Å². The third-order valence-electron chi connectivity index (χ3n) is 2.02. The van der Waals surface area contributed by atoms with Crippen LogP contribution in [-0.2, 0) is 15.3 Å². The maximum absolute atomic E-state index is 10.4. The van der Waals surface area contributed by atoms with Crippen LogP contribution >= 0.6 is 23.2 Å². The Labute approximate surface area is 129 Å². The molecule has 0 aliphatic rings. The molecule has 1 N–H and O–H groups in total. The number of hydrogen-bond acceptors (Lipinski definition) is 4. The zero-order chi connectivity index (χ0) is 15.7. The fraction of sp³-hybridized carbons (Fsp3) is 0.417. The number of carboxylic acids is 1. The fourth-order valence-electron chi connectivity index (χ4n) is 1.18. The van der Waals surface area contributed by atoms with Crippen LogP contribution in [0.25, 0.3) is 0 Å². The lowest BCUT2D eigenvalue weighted by atomic mass is 10.1. The summed E-state index contributed by atoms with van der Waals surface area (Å²) < 4.78 is 23.2. The maximum atomic E-state index is 10.4. The highest BCUT2D eigenvalue weighted by molar-refractivity contribution is 7.61. The predicted octanol–water partition coefficient (Wildman–Crippen LogP) is 3.54. The summed E-state index contributed by atoms with van der Waals surface area (Å²) in [6, 6.07) is 6.05. The van der Waals surface area contributed by atoms with Gasteiger partial charge in [-0.2, -0.15) is 12.8 Å². The lowest BCUT2D eigenvalue weighted by Crippen LogP contribution is -2.19. The summed E-state index contributed by atoms with van der Waals surface area (Å²) in [5, 5.41) is 9.72. The first-order valence-corrected chi connectivity index (χ1v) is 7.45. The molecule has 1 atom stereocenters. The molecule has 8 heteroatoms. The molecule has 0 radical (unpaired) electrons. The van der Waals surface area contributed by atoms with Crippen molar-refractivity contribution in [2.75, 3.05) is 0 Å². The number of carbonyl (C=O) groups is 1. The van der Waals surface area contributed by atoms with Crippen LogP contribution < -0.4 is 0 Å². The number of carboxylic acid groups (broad SMARTS) is 1.